The maximum absolute atomic E-state index is 5.58. The van der Waals surface area contributed by atoms with Gasteiger partial charge in [0.2, 0.25) is 5.95 Å². The number of para-hydroxylation sites is 4. The lowest BCUT2D eigenvalue weighted by Gasteiger charge is -2.13. The Morgan fingerprint density at radius 1 is 0.276 bits per heavy atom. The van der Waals surface area contributed by atoms with Crippen molar-refractivity contribution in [3.05, 3.63) is 249 Å². The van der Waals surface area contributed by atoms with E-state index in [1.54, 1.807) is 0 Å². The van der Waals surface area contributed by atoms with Crippen LogP contribution in [0.15, 0.2) is 249 Å². The summed E-state index contributed by atoms with van der Waals surface area (Å²) in [6, 6.07) is 88.5. The summed E-state index contributed by atoms with van der Waals surface area (Å²) in [5, 5.41) is 9.40. The van der Waals surface area contributed by atoms with Gasteiger partial charge in [0.25, 0.3) is 0 Å². The standard InChI is InChI=1S/C68H41N7S/c1-4-17-42(18-5-1)66-70-67(43-19-6-2-7-20-43)72-68(71-66)75-59-29-15-11-24-49(59)52-35-34-51-48-23-10-14-28-58(48)74(64(51)65(52)75)63-30-16-26-56(69-63)46-33-38-62-55(41-46)54-40-45(32-37-61(54)76-62)44-31-36-60-53(39-44)50-25-12-13-27-57(50)73(60)47-21-8-3-9-22-47/h1-41H. The van der Waals surface area contributed by atoms with E-state index >= 15 is 0 Å². The predicted octanol–water partition coefficient (Wildman–Crippen LogP) is 17.6. The molecule has 0 radical (unpaired) electrons. The molecule has 0 unspecified atom stereocenters. The molecule has 0 aliphatic rings. The van der Waals surface area contributed by atoms with Crippen LogP contribution >= 0.6 is 11.3 Å². The minimum Gasteiger partial charge on any atom is -0.309 e. The second-order valence-electron chi connectivity index (χ2n) is 19.4. The lowest BCUT2D eigenvalue weighted by atomic mass is 10.00. The third-order valence-corrected chi connectivity index (χ3v) is 16.3. The number of fused-ring (bicyclic) bond motifs is 13. The van der Waals surface area contributed by atoms with E-state index in [4.69, 9.17) is 19.9 Å². The van der Waals surface area contributed by atoms with Crippen LogP contribution in [0.4, 0.5) is 0 Å². The Kier molecular flexibility index (Phi) is 9.37. The molecule has 6 aromatic heterocycles. The van der Waals surface area contributed by atoms with Gasteiger partial charge in [0.1, 0.15) is 5.82 Å². The van der Waals surface area contributed by atoms with Crippen molar-refractivity contribution in [3.63, 3.8) is 0 Å². The molecule has 0 aliphatic carbocycles. The van der Waals surface area contributed by atoms with Crippen LogP contribution in [0.5, 0.6) is 0 Å². The summed E-state index contributed by atoms with van der Waals surface area (Å²) in [5.41, 5.74) is 13.8. The first-order valence-corrected chi connectivity index (χ1v) is 26.4. The van der Waals surface area contributed by atoms with Gasteiger partial charge in [0.15, 0.2) is 11.6 Å². The van der Waals surface area contributed by atoms with E-state index in [1.165, 1.54) is 53.1 Å². The minimum absolute atomic E-state index is 0.542. The van der Waals surface area contributed by atoms with Crippen LogP contribution in [0.2, 0.25) is 0 Å². The number of thiophene rings is 1. The highest BCUT2D eigenvalue weighted by Crippen LogP contribution is 2.44. The van der Waals surface area contributed by atoms with Gasteiger partial charge in [-0.25, -0.2) is 9.97 Å². The third-order valence-electron chi connectivity index (χ3n) is 15.1. The normalized spacial score (nSPS) is 11.9. The molecule has 16 rings (SSSR count). The van der Waals surface area contributed by atoms with Crippen molar-refractivity contribution in [3.8, 4) is 62.6 Å². The fourth-order valence-electron chi connectivity index (χ4n) is 11.7. The van der Waals surface area contributed by atoms with Crippen molar-refractivity contribution >= 4 is 96.9 Å². The van der Waals surface area contributed by atoms with E-state index in [0.717, 1.165) is 77.5 Å². The van der Waals surface area contributed by atoms with Crippen LogP contribution in [-0.2, 0) is 0 Å². The molecule has 16 aromatic rings. The summed E-state index contributed by atoms with van der Waals surface area (Å²) < 4.78 is 9.44. The fourth-order valence-corrected chi connectivity index (χ4v) is 12.7. The molecule has 7 nitrogen and oxygen atoms in total. The van der Waals surface area contributed by atoms with Crippen molar-refractivity contribution in [1.82, 2.24) is 33.6 Å². The molecule has 0 atom stereocenters. The van der Waals surface area contributed by atoms with Gasteiger partial charge in [-0.15, -0.1) is 11.3 Å². The lowest BCUT2D eigenvalue weighted by molar-refractivity contribution is 0.952. The SMILES string of the molecule is c1ccc(-c2nc(-c3ccccc3)nc(-n3c4ccccc4c4ccc5c6ccccc6n(-c6cccc(-c7ccc8sc9ccc(-c%10ccc%11c(c%10)c%10ccccc%10n%11-c%10ccccc%10)cc9c8c7)n6)c5c43)n2)cc1. The zero-order valence-electron chi connectivity index (χ0n) is 40.7. The van der Waals surface area contributed by atoms with Crippen molar-refractivity contribution < 1.29 is 0 Å². The Balaban J connectivity index is 0.866. The number of hydrogen-bond acceptors (Lipinski definition) is 5. The molecule has 0 fully saturated rings. The van der Waals surface area contributed by atoms with Gasteiger partial charge in [0.05, 0.1) is 38.8 Å². The Labute approximate surface area is 439 Å². The van der Waals surface area contributed by atoms with Gasteiger partial charge in [-0.2, -0.15) is 9.97 Å². The first-order chi connectivity index (χ1) is 37.7. The molecule has 0 saturated carbocycles. The molecule has 0 saturated heterocycles. The zero-order valence-corrected chi connectivity index (χ0v) is 41.5. The number of pyridine rings is 1. The van der Waals surface area contributed by atoms with Gasteiger partial charge in [-0.1, -0.05) is 170 Å². The topological polar surface area (TPSA) is 66.3 Å². The maximum Gasteiger partial charge on any atom is 0.238 e. The molecule has 354 valence electrons. The van der Waals surface area contributed by atoms with Gasteiger partial charge < -0.3 is 4.57 Å². The number of benzene rings is 10. The molecular weight excluding hydrogens is 947 g/mol. The number of hydrogen-bond donors (Lipinski definition) is 0. The van der Waals surface area contributed by atoms with E-state index in [2.05, 4.69) is 226 Å². The van der Waals surface area contributed by atoms with Crippen LogP contribution in [0.1, 0.15) is 0 Å². The van der Waals surface area contributed by atoms with Crippen LogP contribution in [0, 0.1) is 0 Å². The molecule has 6 heterocycles. The fraction of sp³-hybridized carbons (Fsp3) is 0. The monoisotopic (exact) mass is 987 g/mol. The summed E-state index contributed by atoms with van der Waals surface area (Å²) in [4.78, 5) is 21.3. The number of aromatic nitrogens is 7. The quantitative estimate of drug-likeness (QED) is 0.160. The Bertz CT molecular complexity index is 4930. The molecule has 8 heteroatoms. The first kappa shape index (κ1) is 42.5. The van der Waals surface area contributed by atoms with Crippen LogP contribution in [0.25, 0.3) is 148 Å². The third kappa shape index (κ3) is 6.54. The smallest absolute Gasteiger partial charge is 0.238 e. The van der Waals surface area contributed by atoms with Gasteiger partial charge in [-0.3, -0.25) is 9.13 Å². The van der Waals surface area contributed by atoms with E-state index in [1.807, 2.05) is 47.7 Å². The summed E-state index contributed by atoms with van der Waals surface area (Å²) in [6.07, 6.45) is 0. The first-order valence-electron chi connectivity index (χ1n) is 25.5. The van der Waals surface area contributed by atoms with Crippen LogP contribution in [-0.4, -0.2) is 33.6 Å². The highest BCUT2D eigenvalue weighted by molar-refractivity contribution is 7.25. The maximum atomic E-state index is 5.58. The predicted molar refractivity (Wildman–Crippen MR) is 315 cm³/mol. The molecule has 0 aliphatic heterocycles. The van der Waals surface area contributed by atoms with Gasteiger partial charge >= 0.3 is 0 Å². The molecule has 76 heavy (non-hydrogen) atoms. The van der Waals surface area contributed by atoms with Crippen molar-refractivity contribution in [2.24, 2.45) is 0 Å². The van der Waals surface area contributed by atoms with E-state index in [0.29, 0.717) is 17.6 Å². The average molecular weight is 988 g/mol. The van der Waals surface area contributed by atoms with Crippen LogP contribution in [0.3, 0.4) is 0 Å². The second kappa shape index (κ2) is 16.8. The Hall–Kier alpha value is -10.0. The van der Waals surface area contributed by atoms with Gasteiger partial charge in [-0.05, 0) is 90.0 Å². The number of rotatable bonds is 7. The molecule has 0 N–H and O–H groups in total. The van der Waals surface area contributed by atoms with E-state index in [9.17, 15) is 0 Å². The molecule has 0 spiro atoms. The lowest BCUT2D eigenvalue weighted by Crippen LogP contribution is -2.07. The van der Waals surface area contributed by atoms with Crippen molar-refractivity contribution in [2.75, 3.05) is 0 Å². The average Bonchev–Trinajstić information content (AvgIpc) is 4.30. The molecule has 10 aromatic carbocycles. The highest BCUT2D eigenvalue weighted by Gasteiger charge is 2.24. The number of nitrogens with zero attached hydrogens (tertiary/aromatic N) is 7. The second-order valence-corrected chi connectivity index (χ2v) is 20.5. The molecule has 0 bridgehead atoms. The molecule has 0 amide bonds. The van der Waals surface area contributed by atoms with E-state index < -0.39 is 0 Å². The summed E-state index contributed by atoms with van der Waals surface area (Å²) in [7, 11) is 0. The van der Waals surface area contributed by atoms with Crippen molar-refractivity contribution in [2.45, 2.75) is 0 Å². The summed E-state index contributed by atoms with van der Waals surface area (Å²) in [5.74, 6) is 2.57. The molecular formula is C68H41N7S. The summed E-state index contributed by atoms with van der Waals surface area (Å²) in [6.45, 7) is 0. The zero-order chi connectivity index (χ0) is 49.8. The van der Waals surface area contributed by atoms with Crippen molar-refractivity contribution in [1.29, 1.82) is 0 Å². The summed E-state index contributed by atoms with van der Waals surface area (Å²) >= 11 is 1.84. The highest BCUT2D eigenvalue weighted by atomic mass is 32.1. The minimum atomic E-state index is 0.542. The Morgan fingerprint density at radius 2 is 0.750 bits per heavy atom. The Morgan fingerprint density at radius 3 is 1.38 bits per heavy atom. The van der Waals surface area contributed by atoms with Crippen LogP contribution < -0.4 is 0 Å². The van der Waals surface area contributed by atoms with Gasteiger partial charge in [0, 0.05) is 74.9 Å². The van der Waals surface area contributed by atoms with E-state index in [-0.39, 0.29) is 0 Å². The largest absolute Gasteiger partial charge is 0.309 e.